The summed E-state index contributed by atoms with van der Waals surface area (Å²) in [6.07, 6.45) is 10.0. The molecule has 0 atom stereocenters. The molecule has 0 amide bonds. The number of carboxylic acids is 1. The maximum atomic E-state index is 11.4. The summed E-state index contributed by atoms with van der Waals surface area (Å²) >= 11 is 1.89. The molecule has 0 aromatic carbocycles. The van der Waals surface area contributed by atoms with Crippen LogP contribution < -0.4 is 5.32 Å². The largest absolute Gasteiger partial charge is 0.478 e. The average Bonchev–Trinajstić information content (AvgIpc) is 2.45. The predicted molar refractivity (Wildman–Crippen MR) is 83.8 cm³/mol. The van der Waals surface area contributed by atoms with E-state index < -0.39 is 5.97 Å². The number of anilines is 1. The Hall–Kier alpha value is -1.23. The highest BCUT2D eigenvalue weighted by atomic mass is 32.2. The fourth-order valence-corrected chi connectivity index (χ4v) is 3.77. The monoisotopic (exact) mass is 294 g/mol. The van der Waals surface area contributed by atoms with Crippen LogP contribution in [0.25, 0.3) is 0 Å². The normalized spacial score (nSPS) is 17.7. The lowest BCUT2D eigenvalue weighted by atomic mass is 9.88. The molecular weight excluding hydrogens is 272 g/mol. The molecule has 2 N–H and O–H groups in total. The van der Waals surface area contributed by atoms with Gasteiger partial charge in [0.2, 0.25) is 0 Å². The van der Waals surface area contributed by atoms with Crippen LogP contribution in [-0.4, -0.2) is 33.6 Å². The SMILES string of the molecule is CSC1(CNc2nccc(C)c2C(=O)O)CCCCC1. The Balaban J connectivity index is 2.14. The molecular formula is C15H22N2O2S. The van der Waals surface area contributed by atoms with Crippen molar-refractivity contribution in [2.45, 2.75) is 43.8 Å². The number of nitrogens with zero attached hydrogens (tertiary/aromatic N) is 1. The van der Waals surface area contributed by atoms with E-state index in [-0.39, 0.29) is 4.75 Å². The van der Waals surface area contributed by atoms with Crippen molar-refractivity contribution in [1.29, 1.82) is 0 Å². The molecule has 1 saturated carbocycles. The molecule has 1 aromatic rings. The molecule has 5 heteroatoms. The van der Waals surface area contributed by atoms with Gasteiger partial charge in [-0.25, -0.2) is 9.78 Å². The van der Waals surface area contributed by atoms with Crippen molar-refractivity contribution < 1.29 is 9.90 Å². The maximum absolute atomic E-state index is 11.4. The Labute approximate surface area is 124 Å². The highest BCUT2D eigenvalue weighted by Crippen LogP contribution is 2.38. The Morgan fingerprint density at radius 3 is 2.75 bits per heavy atom. The van der Waals surface area contributed by atoms with Crippen LogP contribution in [0.4, 0.5) is 5.82 Å². The van der Waals surface area contributed by atoms with Crippen LogP contribution >= 0.6 is 11.8 Å². The molecule has 0 unspecified atom stereocenters. The van der Waals surface area contributed by atoms with E-state index in [4.69, 9.17) is 0 Å². The molecule has 0 radical (unpaired) electrons. The minimum Gasteiger partial charge on any atom is -0.478 e. The average molecular weight is 294 g/mol. The molecule has 0 aliphatic heterocycles. The van der Waals surface area contributed by atoms with Crippen LogP contribution in [0.15, 0.2) is 12.3 Å². The summed E-state index contributed by atoms with van der Waals surface area (Å²) in [6.45, 7) is 2.59. The summed E-state index contributed by atoms with van der Waals surface area (Å²) < 4.78 is 0.222. The van der Waals surface area contributed by atoms with Gasteiger partial charge in [0.1, 0.15) is 11.4 Å². The van der Waals surface area contributed by atoms with Gasteiger partial charge in [-0.3, -0.25) is 0 Å². The number of thioether (sulfide) groups is 1. The van der Waals surface area contributed by atoms with Gasteiger partial charge >= 0.3 is 5.97 Å². The lowest BCUT2D eigenvalue weighted by Crippen LogP contribution is -2.36. The van der Waals surface area contributed by atoms with Gasteiger partial charge < -0.3 is 10.4 Å². The summed E-state index contributed by atoms with van der Waals surface area (Å²) in [5.74, 6) is -0.420. The molecule has 20 heavy (non-hydrogen) atoms. The maximum Gasteiger partial charge on any atom is 0.339 e. The standard InChI is InChI=1S/C15H22N2O2S/c1-11-6-9-16-13(12(11)14(18)19)17-10-15(20-2)7-4-3-5-8-15/h6,9H,3-5,7-8,10H2,1-2H3,(H,16,17)(H,18,19). The van der Waals surface area contributed by atoms with E-state index in [1.165, 1.54) is 32.1 Å². The second-order valence-corrected chi connectivity index (χ2v) is 6.73. The summed E-state index contributed by atoms with van der Waals surface area (Å²) in [5, 5.41) is 12.6. The first kappa shape index (κ1) is 15.2. The van der Waals surface area contributed by atoms with Crippen molar-refractivity contribution in [3.8, 4) is 0 Å². The van der Waals surface area contributed by atoms with Crippen LogP contribution in [0, 0.1) is 6.92 Å². The van der Waals surface area contributed by atoms with Gasteiger partial charge in [-0.05, 0) is 37.7 Å². The van der Waals surface area contributed by atoms with Crippen molar-refractivity contribution in [2.24, 2.45) is 0 Å². The zero-order valence-corrected chi connectivity index (χ0v) is 12.9. The molecule has 1 heterocycles. The van der Waals surface area contributed by atoms with Crippen molar-refractivity contribution in [1.82, 2.24) is 4.98 Å². The number of carboxylic acid groups (broad SMARTS) is 1. The van der Waals surface area contributed by atoms with Crippen LogP contribution in [0.5, 0.6) is 0 Å². The van der Waals surface area contributed by atoms with Gasteiger partial charge in [0.15, 0.2) is 0 Å². The Kier molecular flexibility index (Phi) is 4.91. The molecule has 1 aromatic heterocycles. The molecule has 1 aliphatic carbocycles. The van der Waals surface area contributed by atoms with E-state index >= 15 is 0 Å². The van der Waals surface area contributed by atoms with E-state index in [1.807, 2.05) is 11.8 Å². The predicted octanol–water partition coefficient (Wildman–Crippen LogP) is 3.57. The molecule has 1 fully saturated rings. The molecule has 2 rings (SSSR count). The molecule has 0 bridgehead atoms. The van der Waals surface area contributed by atoms with E-state index in [9.17, 15) is 9.90 Å². The number of pyridine rings is 1. The second-order valence-electron chi connectivity index (χ2n) is 5.46. The Bertz CT molecular complexity index is 485. The highest BCUT2D eigenvalue weighted by molar-refractivity contribution is 8.00. The minimum absolute atomic E-state index is 0.222. The smallest absolute Gasteiger partial charge is 0.339 e. The zero-order chi connectivity index (χ0) is 14.6. The molecule has 0 saturated heterocycles. The Morgan fingerprint density at radius 2 is 2.15 bits per heavy atom. The lowest BCUT2D eigenvalue weighted by Gasteiger charge is -2.36. The first-order valence-corrected chi connectivity index (χ1v) is 8.28. The number of carbonyl (C=O) groups is 1. The Morgan fingerprint density at radius 1 is 1.45 bits per heavy atom. The van der Waals surface area contributed by atoms with Gasteiger partial charge in [0, 0.05) is 17.5 Å². The van der Waals surface area contributed by atoms with E-state index in [2.05, 4.69) is 16.6 Å². The summed E-state index contributed by atoms with van der Waals surface area (Å²) in [6, 6.07) is 1.74. The van der Waals surface area contributed by atoms with Gasteiger partial charge in [0.25, 0.3) is 0 Å². The quantitative estimate of drug-likeness (QED) is 0.869. The topological polar surface area (TPSA) is 62.2 Å². The molecule has 110 valence electrons. The van der Waals surface area contributed by atoms with Crippen molar-refractivity contribution in [3.63, 3.8) is 0 Å². The summed E-state index contributed by atoms with van der Waals surface area (Å²) in [5.41, 5.74) is 1.04. The van der Waals surface area contributed by atoms with Crippen LogP contribution in [-0.2, 0) is 0 Å². The number of aromatic nitrogens is 1. The van der Waals surface area contributed by atoms with Crippen LogP contribution in [0.2, 0.25) is 0 Å². The van der Waals surface area contributed by atoms with Crippen molar-refractivity contribution >= 4 is 23.5 Å². The van der Waals surface area contributed by atoms with Gasteiger partial charge in [-0.1, -0.05) is 19.3 Å². The number of rotatable bonds is 5. The second kappa shape index (κ2) is 6.48. The van der Waals surface area contributed by atoms with Crippen molar-refractivity contribution in [2.75, 3.05) is 18.1 Å². The number of hydrogen-bond acceptors (Lipinski definition) is 4. The third-order valence-electron chi connectivity index (χ3n) is 4.15. The van der Waals surface area contributed by atoms with E-state index in [1.54, 1.807) is 19.2 Å². The van der Waals surface area contributed by atoms with Gasteiger partial charge in [-0.15, -0.1) is 0 Å². The molecule has 1 aliphatic rings. The van der Waals surface area contributed by atoms with Gasteiger partial charge in [0.05, 0.1) is 0 Å². The molecule has 4 nitrogen and oxygen atoms in total. The van der Waals surface area contributed by atoms with E-state index in [0.717, 1.165) is 12.1 Å². The number of aromatic carboxylic acids is 1. The van der Waals surface area contributed by atoms with Crippen LogP contribution in [0.3, 0.4) is 0 Å². The first-order valence-electron chi connectivity index (χ1n) is 7.06. The highest BCUT2D eigenvalue weighted by Gasteiger charge is 2.31. The molecule has 0 spiro atoms. The van der Waals surface area contributed by atoms with Crippen LogP contribution in [0.1, 0.15) is 48.0 Å². The fourth-order valence-electron chi connectivity index (χ4n) is 2.86. The third kappa shape index (κ3) is 3.26. The van der Waals surface area contributed by atoms with Crippen molar-refractivity contribution in [3.05, 3.63) is 23.4 Å². The first-order chi connectivity index (χ1) is 9.58. The lowest BCUT2D eigenvalue weighted by molar-refractivity contribution is 0.0696. The summed E-state index contributed by atoms with van der Waals surface area (Å²) in [7, 11) is 0. The number of aryl methyl sites for hydroxylation is 1. The number of nitrogens with one attached hydrogen (secondary N) is 1. The van der Waals surface area contributed by atoms with E-state index in [0.29, 0.717) is 11.4 Å². The fraction of sp³-hybridized carbons (Fsp3) is 0.600. The zero-order valence-electron chi connectivity index (χ0n) is 12.1. The number of hydrogen-bond donors (Lipinski definition) is 2. The summed E-state index contributed by atoms with van der Waals surface area (Å²) in [4.78, 5) is 15.6. The van der Waals surface area contributed by atoms with Gasteiger partial charge in [-0.2, -0.15) is 11.8 Å². The minimum atomic E-state index is -0.917. The third-order valence-corrected chi connectivity index (χ3v) is 5.57.